The zero-order valence-corrected chi connectivity index (χ0v) is 6.51. The molecule has 3 fully saturated rings. The Labute approximate surface area is 66.1 Å². The van der Waals surface area contributed by atoms with Gasteiger partial charge in [0, 0.05) is 6.42 Å². The second-order valence-corrected chi connectivity index (χ2v) is 3.69. The lowest BCUT2D eigenvalue weighted by atomic mass is 9.74. The van der Waals surface area contributed by atoms with Crippen LogP contribution in [0.4, 0.5) is 0 Å². The fourth-order valence-corrected chi connectivity index (χ4v) is 2.59. The van der Waals surface area contributed by atoms with Crippen LogP contribution < -0.4 is 5.32 Å². The van der Waals surface area contributed by atoms with Crippen LogP contribution in [-0.2, 0) is 9.47 Å². The first kappa shape index (κ1) is 6.40. The van der Waals surface area contributed by atoms with Gasteiger partial charge in [0.15, 0.2) is 5.79 Å². The van der Waals surface area contributed by atoms with Gasteiger partial charge in [0.05, 0.1) is 19.3 Å². The van der Waals surface area contributed by atoms with Gasteiger partial charge in [0.2, 0.25) is 0 Å². The summed E-state index contributed by atoms with van der Waals surface area (Å²) in [5.74, 6) is 0.634. The van der Waals surface area contributed by atoms with Crippen LogP contribution in [0.1, 0.15) is 12.8 Å². The predicted octanol–water partition coefficient (Wildman–Crippen LogP) is 0.111. The first-order chi connectivity index (χ1) is 5.41. The molecule has 2 atom stereocenters. The van der Waals surface area contributed by atoms with Gasteiger partial charge in [-0.2, -0.15) is 0 Å². The molecule has 3 heteroatoms. The summed E-state index contributed by atoms with van der Waals surface area (Å²) in [5.41, 5.74) is 0. The molecule has 1 saturated carbocycles. The number of ether oxygens (including phenoxy) is 2. The summed E-state index contributed by atoms with van der Waals surface area (Å²) < 4.78 is 11.2. The SMILES string of the molecule is C1CC2CC3(OCCO3)C2N1. The van der Waals surface area contributed by atoms with Gasteiger partial charge in [0.25, 0.3) is 0 Å². The van der Waals surface area contributed by atoms with Gasteiger partial charge in [-0.1, -0.05) is 0 Å². The average Bonchev–Trinajstić information content (AvgIpc) is 2.52. The van der Waals surface area contributed by atoms with E-state index in [2.05, 4.69) is 5.32 Å². The van der Waals surface area contributed by atoms with Crippen LogP contribution in [0.5, 0.6) is 0 Å². The molecule has 2 aliphatic heterocycles. The molecule has 62 valence electrons. The number of fused-ring (bicyclic) bond motifs is 2. The third-order valence-corrected chi connectivity index (χ3v) is 3.15. The zero-order valence-electron chi connectivity index (χ0n) is 6.51. The highest BCUT2D eigenvalue weighted by Crippen LogP contribution is 2.48. The first-order valence-electron chi connectivity index (χ1n) is 4.42. The molecule has 1 aliphatic carbocycles. The third kappa shape index (κ3) is 0.687. The maximum absolute atomic E-state index is 5.61. The molecular formula is C8H13NO2. The smallest absolute Gasteiger partial charge is 0.184 e. The molecule has 0 amide bonds. The topological polar surface area (TPSA) is 30.5 Å². The Kier molecular flexibility index (Phi) is 1.15. The van der Waals surface area contributed by atoms with E-state index in [1.165, 1.54) is 6.42 Å². The molecule has 0 radical (unpaired) electrons. The van der Waals surface area contributed by atoms with E-state index in [0.29, 0.717) is 6.04 Å². The molecule has 2 heterocycles. The van der Waals surface area contributed by atoms with Crippen molar-refractivity contribution in [2.45, 2.75) is 24.7 Å². The highest BCUT2D eigenvalue weighted by atomic mass is 16.7. The molecule has 11 heavy (non-hydrogen) atoms. The van der Waals surface area contributed by atoms with E-state index >= 15 is 0 Å². The Morgan fingerprint density at radius 1 is 1.27 bits per heavy atom. The van der Waals surface area contributed by atoms with E-state index in [-0.39, 0.29) is 5.79 Å². The van der Waals surface area contributed by atoms with Crippen LogP contribution in [0.3, 0.4) is 0 Å². The predicted molar refractivity (Wildman–Crippen MR) is 39.1 cm³/mol. The van der Waals surface area contributed by atoms with Crippen LogP contribution in [0.15, 0.2) is 0 Å². The fourth-order valence-electron chi connectivity index (χ4n) is 2.59. The van der Waals surface area contributed by atoms with Crippen LogP contribution in [-0.4, -0.2) is 31.6 Å². The quantitative estimate of drug-likeness (QED) is 0.538. The molecule has 1 spiro atoms. The van der Waals surface area contributed by atoms with Crippen LogP contribution in [0, 0.1) is 5.92 Å². The van der Waals surface area contributed by atoms with E-state index in [1.54, 1.807) is 0 Å². The highest BCUT2D eigenvalue weighted by molar-refractivity contribution is 5.07. The van der Waals surface area contributed by atoms with Gasteiger partial charge in [-0.15, -0.1) is 0 Å². The summed E-state index contributed by atoms with van der Waals surface area (Å²) in [6.07, 6.45) is 2.42. The van der Waals surface area contributed by atoms with E-state index in [1.807, 2.05) is 0 Å². The molecule has 2 unspecified atom stereocenters. The largest absolute Gasteiger partial charge is 0.346 e. The number of rotatable bonds is 0. The summed E-state index contributed by atoms with van der Waals surface area (Å²) >= 11 is 0. The van der Waals surface area contributed by atoms with Crippen molar-refractivity contribution in [1.82, 2.24) is 5.32 Å². The molecule has 3 nitrogen and oxygen atoms in total. The van der Waals surface area contributed by atoms with Crippen molar-refractivity contribution < 1.29 is 9.47 Å². The molecule has 0 aromatic rings. The van der Waals surface area contributed by atoms with Crippen molar-refractivity contribution in [2.24, 2.45) is 5.92 Å². The van der Waals surface area contributed by atoms with E-state index in [4.69, 9.17) is 9.47 Å². The molecule has 0 bridgehead atoms. The average molecular weight is 155 g/mol. The lowest BCUT2D eigenvalue weighted by Gasteiger charge is -2.47. The van der Waals surface area contributed by atoms with E-state index in [9.17, 15) is 0 Å². The van der Waals surface area contributed by atoms with Crippen LogP contribution >= 0.6 is 0 Å². The molecular weight excluding hydrogens is 142 g/mol. The minimum absolute atomic E-state index is 0.193. The molecule has 3 rings (SSSR count). The Morgan fingerprint density at radius 3 is 2.82 bits per heavy atom. The van der Waals surface area contributed by atoms with Crippen LogP contribution in [0.2, 0.25) is 0 Å². The lowest BCUT2D eigenvalue weighted by molar-refractivity contribution is -0.243. The van der Waals surface area contributed by atoms with Gasteiger partial charge in [-0.05, 0) is 18.9 Å². The van der Waals surface area contributed by atoms with Gasteiger partial charge < -0.3 is 14.8 Å². The first-order valence-corrected chi connectivity index (χ1v) is 4.42. The normalized spacial score (nSPS) is 45.8. The molecule has 0 aromatic heterocycles. The Bertz CT molecular complexity index is 177. The summed E-state index contributed by atoms with van der Waals surface area (Å²) in [6, 6.07) is 0.505. The summed E-state index contributed by atoms with van der Waals surface area (Å²) in [5, 5.41) is 3.44. The second kappa shape index (κ2) is 1.97. The fraction of sp³-hybridized carbons (Fsp3) is 1.00. The molecule has 1 N–H and O–H groups in total. The lowest BCUT2D eigenvalue weighted by Crippen LogP contribution is -2.61. The van der Waals surface area contributed by atoms with Crippen molar-refractivity contribution in [1.29, 1.82) is 0 Å². The maximum atomic E-state index is 5.61. The summed E-state index contributed by atoms with van der Waals surface area (Å²) in [6.45, 7) is 2.71. The maximum Gasteiger partial charge on any atom is 0.184 e. The van der Waals surface area contributed by atoms with Gasteiger partial charge in [0.1, 0.15) is 0 Å². The zero-order chi connectivity index (χ0) is 7.31. The standard InChI is InChI=1S/C8H13NO2/c1-2-9-7-6(1)5-8(7)10-3-4-11-8/h6-7,9H,1-5H2. The van der Waals surface area contributed by atoms with Gasteiger partial charge in [-0.25, -0.2) is 0 Å². The molecule has 2 saturated heterocycles. The van der Waals surface area contributed by atoms with E-state index in [0.717, 1.165) is 32.1 Å². The highest BCUT2D eigenvalue weighted by Gasteiger charge is 2.59. The van der Waals surface area contributed by atoms with E-state index < -0.39 is 0 Å². The Balaban J connectivity index is 1.81. The molecule has 0 aromatic carbocycles. The summed E-state index contributed by atoms with van der Waals surface area (Å²) in [4.78, 5) is 0. The number of hydrogen-bond acceptors (Lipinski definition) is 3. The Hall–Kier alpha value is -0.120. The Morgan fingerprint density at radius 2 is 2.09 bits per heavy atom. The van der Waals surface area contributed by atoms with Gasteiger partial charge in [-0.3, -0.25) is 0 Å². The number of hydrogen-bond donors (Lipinski definition) is 1. The van der Waals surface area contributed by atoms with Crippen molar-refractivity contribution in [2.75, 3.05) is 19.8 Å². The third-order valence-electron chi connectivity index (χ3n) is 3.15. The summed E-state index contributed by atoms with van der Waals surface area (Å²) in [7, 11) is 0. The minimum Gasteiger partial charge on any atom is -0.346 e. The van der Waals surface area contributed by atoms with Crippen LogP contribution in [0.25, 0.3) is 0 Å². The monoisotopic (exact) mass is 155 g/mol. The second-order valence-electron chi connectivity index (χ2n) is 3.69. The van der Waals surface area contributed by atoms with Crippen molar-refractivity contribution >= 4 is 0 Å². The van der Waals surface area contributed by atoms with Gasteiger partial charge >= 0.3 is 0 Å². The number of nitrogens with one attached hydrogen (secondary N) is 1. The van der Waals surface area contributed by atoms with Crippen molar-refractivity contribution in [3.8, 4) is 0 Å². The van der Waals surface area contributed by atoms with Crippen molar-refractivity contribution in [3.63, 3.8) is 0 Å². The minimum atomic E-state index is -0.193. The van der Waals surface area contributed by atoms with Crippen molar-refractivity contribution in [3.05, 3.63) is 0 Å². The molecule has 3 aliphatic rings.